The molecule has 0 radical (unpaired) electrons. The minimum Gasteiger partial charge on any atom is -0.464 e. The zero-order chi connectivity index (χ0) is 13.9. The fraction of sp³-hybridized carbons (Fsp3) is 0.357. The van der Waals surface area contributed by atoms with Crippen molar-refractivity contribution < 1.29 is 9.15 Å². The summed E-state index contributed by atoms with van der Waals surface area (Å²) >= 11 is 0. The minimum absolute atomic E-state index is 0.0142. The van der Waals surface area contributed by atoms with Crippen LogP contribution in [0.2, 0.25) is 0 Å². The summed E-state index contributed by atoms with van der Waals surface area (Å²) in [5, 5.41) is 16.8. The maximum Gasteiger partial charge on any atom is 0.163 e. The third-order valence-corrected chi connectivity index (χ3v) is 3.28. The van der Waals surface area contributed by atoms with Crippen molar-refractivity contribution in [2.45, 2.75) is 13.0 Å². The summed E-state index contributed by atoms with van der Waals surface area (Å²) in [4.78, 5) is 2.09. The molecule has 0 saturated carbocycles. The lowest BCUT2D eigenvalue weighted by atomic mass is 10.1. The average Bonchev–Trinajstić information content (AvgIpc) is 2.94. The zero-order valence-corrected chi connectivity index (χ0v) is 11.1. The number of morpholine rings is 1. The van der Waals surface area contributed by atoms with Gasteiger partial charge in [0.15, 0.2) is 11.5 Å². The molecule has 3 rings (SSSR count). The molecule has 1 fully saturated rings. The predicted octanol–water partition coefficient (Wildman–Crippen LogP) is 1.83. The summed E-state index contributed by atoms with van der Waals surface area (Å²) in [6.45, 7) is 3.82. The van der Waals surface area contributed by atoms with Gasteiger partial charge in [0.1, 0.15) is 23.6 Å². The van der Waals surface area contributed by atoms with E-state index in [9.17, 15) is 0 Å². The van der Waals surface area contributed by atoms with E-state index >= 15 is 0 Å². The van der Waals surface area contributed by atoms with Crippen molar-refractivity contribution in [3.05, 3.63) is 41.5 Å². The smallest absolute Gasteiger partial charge is 0.163 e. The van der Waals surface area contributed by atoms with Gasteiger partial charge in [-0.25, -0.2) is 0 Å². The van der Waals surface area contributed by atoms with Gasteiger partial charge >= 0.3 is 0 Å². The van der Waals surface area contributed by atoms with Crippen LogP contribution in [0.5, 0.6) is 0 Å². The number of furan rings is 1. The first-order chi connectivity index (χ1) is 9.78. The number of ether oxygens (including phenoxy) is 1. The second-order valence-corrected chi connectivity index (χ2v) is 4.62. The molecular formula is C14H14N4O2. The third-order valence-electron chi connectivity index (χ3n) is 3.28. The van der Waals surface area contributed by atoms with Crippen LogP contribution in [0.25, 0.3) is 0 Å². The molecule has 2 aromatic heterocycles. The average molecular weight is 270 g/mol. The molecule has 20 heavy (non-hydrogen) atoms. The van der Waals surface area contributed by atoms with Crippen LogP contribution in [0.3, 0.4) is 0 Å². The van der Waals surface area contributed by atoms with Gasteiger partial charge in [-0.1, -0.05) is 0 Å². The molecule has 1 saturated heterocycles. The highest BCUT2D eigenvalue weighted by atomic mass is 16.5. The number of anilines is 1. The van der Waals surface area contributed by atoms with Crippen LogP contribution in [-0.2, 0) is 4.74 Å². The molecule has 1 atom stereocenters. The quantitative estimate of drug-likeness (QED) is 0.828. The summed E-state index contributed by atoms with van der Waals surface area (Å²) in [5.74, 6) is 2.45. The third kappa shape index (κ3) is 2.36. The molecular weight excluding hydrogens is 256 g/mol. The van der Waals surface area contributed by atoms with Gasteiger partial charge in [-0.05, 0) is 31.2 Å². The Morgan fingerprint density at radius 1 is 1.30 bits per heavy atom. The van der Waals surface area contributed by atoms with Gasteiger partial charge in [0.25, 0.3) is 0 Å². The molecule has 6 heteroatoms. The monoisotopic (exact) mass is 270 g/mol. The van der Waals surface area contributed by atoms with Crippen LogP contribution >= 0.6 is 0 Å². The topological polar surface area (TPSA) is 75.2 Å². The van der Waals surface area contributed by atoms with Crippen molar-refractivity contribution in [3.63, 3.8) is 0 Å². The molecule has 6 nitrogen and oxygen atoms in total. The van der Waals surface area contributed by atoms with E-state index < -0.39 is 0 Å². The molecule has 0 spiro atoms. The Balaban J connectivity index is 1.90. The Morgan fingerprint density at radius 3 is 2.85 bits per heavy atom. The van der Waals surface area contributed by atoms with E-state index in [1.807, 2.05) is 25.1 Å². The number of hydrogen-bond acceptors (Lipinski definition) is 6. The van der Waals surface area contributed by atoms with Crippen LogP contribution in [0, 0.1) is 18.3 Å². The summed E-state index contributed by atoms with van der Waals surface area (Å²) in [6, 6.07) is 9.32. The lowest BCUT2D eigenvalue weighted by molar-refractivity contribution is 0.0869. The van der Waals surface area contributed by atoms with E-state index in [4.69, 9.17) is 14.4 Å². The standard InChI is InChI=1S/C14H14N4O2/c1-10-2-4-13(20-10)12-9-19-7-6-18(12)14-5-3-11(8-15)16-17-14/h2-5,12H,6-7,9H2,1H3. The maximum atomic E-state index is 8.77. The highest BCUT2D eigenvalue weighted by Gasteiger charge is 2.28. The van der Waals surface area contributed by atoms with E-state index in [0.717, 1.165) is 17.3 Å². The van der Waals surface area contributed by atoms with Crippen molar-refractivity contribution >= 4 is 5.82 Å². The molecule has 102 valence electrons. The van der Waals surface area contributed by atoms with Crippen molar-refractivity contribution in [1.29, 1.82) is 5.26 Å². The van der Waals surface area contributed by atoms with E-state index in [1.165, 1.54) is 0 Å². The summed E-state index contributed by atoms with van der Waals surface area (Å²) in [5.41, 5.74) is 0.312. The van der Waals surface area contributed by atoms with Crippen molar-refractivity contribution in [3.8, 4) is 6.07 Å². The summed E-state index contributed by atoms with van der Waals surface area (Å²) in [6.07, 6.45) is 0. The van der Waals surface area contributed by atoms with Gasteiger partial charge in [0.2, 0.25) is 0 Å². The first-order valence-electron chi connectivity index (χ1n) is 6.42. The van der Waals surface area contributed by atoms with Gasteiger partial charge in [0.05, 0.1) is 13.2 Å². The highest BCUT2D eigenvalue weighted by Crippen LogP contribution is 2.29. The molecule has 2 aromatic rings. The minimum atomic E-state index is -0.0142. The second-order valence-electron chi connectivity index (χ2n) is 4.62. The number of nitriles is 1. The molecule has 1 aliphatic rings. The van der Waals surface area contributed by atoms with Gasteiger partial charge in [-0.3, -0.25) is 0 Å². The van der Waals surface area contributed by atoms with Crippen molar-refractivity contribution in [1.82, 2.24) is 10.2 Å². The van der Waals surface area contributed by atoms with E-state index in [0.29, 0.717) is 25.5 Å². The fourth-order valence-corrected chi connectivity index (χ4v) is 2.28. The van der Waals surface area contributed by atoms with Crippen molar-refractivity contribution in [2.75, 3.05) is 24.7 Å². The first kappa shape index (κ1) is 12.6. The zero-order valence-electron chi connectivity index (χ0n) is 11.1. The molecule has 0 aromatic carbocycles. The Morgan fingerprint density at radius 2 is 2.20 bits per heavy atom. The van der Waals surface area contributed by atoms with E-state index in [1.54, 1.807) is 12.1 Å². The summed E-state index contributed by atoms with van der Waals surface area (Å²) in [7, 11) is 0. The van der Waals surface area contributed by atoms with E-state index in [2.05, 4.69) is 15.1 Å². The number of nitrogens with zero attached hydrogens (tertiary/aromatic N) is 4. The largest absolute Gasteiger partial charge is 0.464 e. The second kappa shape index (κ2) is 5.31. The van der Waals surface area contributed by atoms with Gasteiger partial charge in [-0.2, -0.15) is 5.26 Å². The maximum absolute atomic E-state index is 8.77. The first-order valence-corrected chi connectivity index (χ1v) is 6.42. The number of aryl methyl sites for hydroxylation is 1. The molecule has 0 aliphatic carbocycles. The van der Waals surface area contributed by atoms with Gasteiger partial charge in [-0.15, -0.1) is 10.2 Å². The van der Waals surface area contributed by atoms with Crippen LogP contribution < -0.4 is 4.90 Å². The molecule has 3 heterocycles. The summed E-state index contributed by atoms with van der Waals surface area (Å²) < 4.78 is 11.2. The Bertz CT molecular complexity index is 629. The number of rotatable bonds is 2. The molecule has 1 aliphatic heterocycles. The van der Waals surface area contributed by atoms with E-state index in [-0.39, 0.29) is 6.04 Å². The SMILES string of the molecule is Cc1ccc(C2COCCN2c2ccc(C#N)nn2)o1. The Kier molecular flexibility index (Phi) is 3.35. The van der Waals surface area contributed by atoms with Crippen LogP contribution in [-0.4, -0.2) is 30.0 Å². The lowest BCUT2D eigenvalue weighted by Crippen LogP contribution is -2.40. The van der Waals surface area contributed by atoms with Crippen LogP contribution in [0.4, 0.5) is 5.82 Å². The normalized spacial score (nSPS) is 18.8. The number of hydrogen-bond donors (Lipinski definition) is 0. The Hall–Kier alpha value is -2.39. The predicted molar refractivity (Wildman–Crippen MR) is 71.1 cm³/mol. The molecule has 0 bridgehead atoms. The van der Waals surface area contributed by atoms with Crippen LogP contribution in [0.15, 0.2) is 28.7 Å². The van der Waals surface area contributed by atoms with Gasteiger partial charge < -0.3 is 14.1 Å². The molecule has 0 N–H and O–H groups in total. The molecule has 1 unspecified atom stereocenters. The van der Waals surface area contributed by atoms with Crippen molar-refractivity contribution in [2.24, 2.45) is 0 Å². The van der Waals surface area contributed by atoms with Crippen LogP contribution in [0.1, 0.15) is 23.3 Å². The molecule has 0 amide bonds. The Labute approximate surface area is 116 Å². The number of aromatic nitrogens is 2. The fourth-order valence-electron chi connectivity index (χ4n) is 2.28. The highest BCUT2D eigenvalue weighted by molar-refractivity contribution is 5.42. The lowest BCUT2D eigenvalue weighted by Gasteiger charge is -2.34. The van der Waals surface area contributed by atoms with Gasteiger partial charge in [0, 0.05) is 6.54 Å².